The van der Waals surface area contributed by atoms with Crippen LogP contribution in [0.15, 0.2) is 0 Å². The van der Waals surface area contributed by atoms with Gasteiger partial charge in [-0.05, 0) is 61.9 Å². The standard InChI is InChI=1S/C28H47N5O5/c1-26(2,3)13-18(31-25(38)32-27(4,5)6)24(37)33-14-16-19(28(16,7)8)20(33)23(36)30-17(21(34)22(29)35)12-15-10-9-11-15/h15-20H,9-14H2,1-8H3,(H2,29,35)(H,30,36)(H2,31,32,38)/t16-,17?,18-,19-,20-/m0/s1/i4D3,5D3,6D3,9D2,10D2,11D2,12D2,15D,17D. The molecule has 0 spiro atoms. The van der Waals surface area contributed by atoms with Crippen LogP contribution in [0.4, 0.5) is 4.79 Å². The van der Waals surface area contributed by atoms with Crippen LogP contribution in [0.2, 0.25) is 0 Å². The largest absolute Gasteiger partial charge is 0.363 e. The van der Waals surface area contributed by atoms with Gasteiger partial charge < -0.3 is 26.6 Å². The molecule has 1 heterocycles. The molecule has 3 fully saturated rings. The molecule has 10 nitrogen and oxygen atoms in total. The quantitative estimate of drug-likeness (QED) is 0.323. The summed E-state index contributed by atoms with van der Waals surface area (Å²) in [6, 6.07) is -9.44. The summed E-state index contributed by atoms with van der Waals surface area (Å²) in [6.45, 7) is -3.84. The number of rotatable bonds is 9. The summed E-state index contributed by atoms with van der Waals surface area (Å²) in [7, 11) is 0. The lowest BCUT2D eigenvalue weighted by atomic mass is 9.80. The van der Waals surface area contributed by atoms with Crippen LogP contribution in [0.25, 0.3) is 0 Å². The Morgan fingerprint density at radius 3 is 2.37 bits per heavy atom. The molecule has 3 aliphatic rings. The highest BCUT2D eigenvalue weighted by molar-refractivity contribution is 6.37. The number of likely N-dealkylation sites (tertiary alicyclic amines) is 1. The summed E-state index contributed by atoms with van der Waals surface area (Å²) in [6.07, 6.45) is -15.8. The Bertz CT molecular complexity index is 1650. The summed E-state index contributed by atoms with van der Waals surface area (Å²) in [5.74, 6) is -12.5. The minimum absolute atomic E-state index is 0.294. The Balaban J connectivity index is 2.13. The normalized spacial score (nSPS) is 40.3. The molecule has 5 N–H and O–H groups in total. The number of urea groups is 1. The van der Waals surface area contributed by atoms with E-state index in [1.54, 1.807) is 45.3 Å². The number of nitrogens with two attached hydrogens (primary N) is 1. The minimum atomic E-state index is -4.29. The maximum absolute atomic E-state index is 14.4. The van der Waals surface area contributed by atoms with E-state index < -0.39 is 128 Å². The van der Waals surface area contributed by atoms with E-state index in [-0.39, 0.29) is 13.0 Å². The number of amides is 5. The van der Waals surface area contributed by atoms with E-state index in [9.17, 15) is 24.0 Å². The van der Waals surface area contributed by atoms with Gasteiger partial charge in [0.2, 0.25) is 17.6 Å². The Hall–Kier alpha value is -2.65. The molecule has 2 saturated carbocycles. The Morgan fingerprint density at radius 1 is 1.18 bits per heavy atom. The number of nitrogens with zero attached hydrogens (tertiary/aromatic N) is 1. The van der Waals surface area contributed by atoms with Crippen molar-refractivity contribution < 1.29 is 50.0 Å². The highest BCUT2D eigenvalue weighted by Gasteiger charge is 2.69. The molecule has 1 saturated heterocycles. The van der Waals surface area contributed by atoms with Gasteiger partial charge >= 0.3 is 6.03 Å². The van der Waals surface area contributed by atoms with Crippen LogP contribution in [0.5, 0.6) is 0 Å². The first-order chi connectivity index (χ1) is 24.8. The fourth-order valence-corrected chi connectivity index (χ4v) is 4.97. The molecule has 5 amide bonds. The second-order valence-corrected chi connectivity index (χ2v) is 11.5. The van der Waals surface area contributed by atoms with Gasteiger partial charge in [-0.3, -0.25) is 19.2 Å². The lowest BCUT2D eigenvalue weighted by Gasteiger charge is -2.36. The lowest BCUT2D eigenvalue weighted by molar-refractivity contribution is -0.144. The number of hydrogen-bond donors (Lipinski definition) is 4. The Morgan fingerprint density at radius 2 is 1.82 bits per heavy atom. The van der Waals surface area contributed by atoms with Crippen molar-refractivity contribution >= 4 is 29.5 Å². The van der Waals surface area contributed by atoms with E-state index in [1.165, 1.54) is 0 Å². The van der Waals surface area contributed by atoms with Crippen LogP contribution in [0, 0.1) is 28.6 Å². The van der Waals surface area contributed by atoms with Crippen LogP contribution in [0.3, 0.4) is 0 Å². The first-order valence-corrected chi connectivity index (χ1v) is 11.9. The van der Waals surface area contributed by atoms with Gasteiger partial charge in [0.15, 0.2) is 0 Å². The number of primary amides is 1. The van der Waals surface area contributed by atoms with Crippen LogP contribution in [0.1, 0.15) is 113 Å². The zero-order valence-corrected chi connectivity index (χ0v) is 21.8. The average molecular weight is 553 g/mol. The third kappa shape index (κ3) is 6.86. The van der Waals surface area contributed by atoms with Crippen molar-refractivity contribution in [3.8, 4) is 0 Å². The van der Waals surface area contributed by atoms with Crippen LogP contribution >= 0.6 is 0 Å². The topological polar surface area (TPSA) is 151 Å². The molecule has 3 rings (SSSR count). The fraction of sp³-hybridized carbons (Fsp3) is 0.821. The van der Waals surface area contributed by atoms with Gasteiger partial charge in [-0.15, -0.1) is 0 Å². The SMILES string of the molecule is [2H]C([2H])([2H])C(NC(=O)N[C@@H](CC(C)(C)C)C(=O)N1C[C@H]2[C@@H]([C@H]1C(=O)NC([2H])(C(=O)C(N)=O)C([2H])([2H])C1([2H])C([2H])([2H])C([2H])([2H])C1([2H])[2H])C2(C)C)(C([2H])([2H])[2H])C([2H])([2H])[2H]. The van der Waals surface area contributed by atoms with Crippen LogP contribution in [-0.4, -0.2) is 64.6 Å². The van der Waals surface area contributed by atoms with Crippen molar-refractivity contribution in [2.24, 2.45) is 34.3 Å². The minimum Gasteiger partial charge on any atom is -0.363 e. The third-order valence-corrected chi connectivity index (χ3v) is 6.81. The summed E-state index contributed by atoms with van der Waals surface area (Å²) < 4.78 is 153. The predicted molar refractivity (Wildman–Crippen MR) is 144 cm³/mol. The maximum Gasteiger partial charge on any atom is 0.315 e. The Kier molecular flexibility index (Phi) is 3.63. The third-order valence-electron chi connectivity index (χ3n) is 6.81. The van der Waals surface area contributed by atoms with Crippen LogP contribution < -0.4 is 21.7 Å². The molecule has 2 aliphatic carbocycles. The van der Waals surface area contributed by atoms with E-state index in [1.807, 2.05) is 0 Å². The molecule has 214 valence electrons. The molecule has 0 aromatic carbocycles. The summed E-state index contributed by atoms with van der Waals surface area (Å²) >= 11 is 0. The predicted octanol–water partition coefficient (Wildman–Crippen LogP) is 2.10. The summed E-state index contributed by atoms with van der Waals surface area (Å²) in [5, 5.41) is 5.34. The maximum atomic E-state index is 14.4. The van der Waals surface area contributed by atoms with Gasteiger partial charge in [0, 0.05) is 36.8 Å². The first kappa shape index (κ1) is 13.1. The molecular formula is C28H47N5O5. The van der Waals surface area contributed by atoms with Gasteiger partial charge in [-0.1, -0.05) is 53.7 Å². The van der Waals surface area contributed by atoms with Crippen molar-refractivity contribution in [2.75, 3.05) is 6.54 Å². The molecule has 38 heavy (non-hydrogen) atoms. The number of carbonyl (C=O) groups is 5. The number of Topliss-reactive ketones (excluding diaryl/α,β-unsaturated/α-hetero) is 1. The first-order valence-electron chi connectivity index (χ1n) is 21.4. The van der Waals surface area contributed by atoms with Gasteiger partial charge in [0.05, 0.1) is 7.39 Å². The van der Waals surface area contributed by atoms with Crippen molar-refractivity contribution in [2.45, 2.75) is 111 Å². The average Bonchev–Trinajstić information content (AvgIpc) is 3.29. The molecule has 1 unspecified atom stereocenters. The highest BCUT2D eigenvalue weighted by Crippen LogP contribution is 2.65. The van der Waals surface area contributed by atoms with Gasteiger partial charge in [-0.25, -0.2) is 4.79 Å². The van der Waals surface area contributed by atoms with Crippen molar-refractivity contribution in [1.29, 1.82) is 0 Å². The number of piperidine rings is 1. The fourth-order valence-electron chi connectivity index (χ4n) is 4.97. The van der Waals surface area contributed by atoms with E-state index in [0.29, 0.717) is 0 Å². The summed E-state index contributed by atoms with van der Waals surface area (Å²) in [5.41, 5.74) is -0.427. The second-order valence-electron chi connectivity index (χ2n) is 11.5. The molecule has 0 radical (unpaired) electrons. The lowest BCUT2D eigenvalue weighted by Crippen LogP contribution is -2.60. The molecule has 0 aromatic heterocycles. The summed E-state index contributed by atoms with van der Waals surface area (Å²) in [4.78, 5) is 68.5. The van der Waals surface area contributed by atoms with Crippen molar-refractivity contribution in [3.63, 3.8) is 0 Å². The molecule has 1 aliphatic heterocycles. The Labute approximate surface area is 253 Å². The number of hydrogen-bond acceptors (Lipinski definition) is 5. The van der Waals surface area contributed by atoms with Crippen molar-refractivity contribution in [1.82, 2.24) is 20.9 Å². The highest BCUT2D eigenvalue weighted by atomic mass is 16.2. The monoisotopic (exact) mass is 552 g/mol. The molecule has 0 aromatic rings. The van der Waals surface area contributed by atoms with E-state index >= 15 is 0 Å². The zero-order chi connectivity index (χ0) is 45.3. The van der Waals surface area contributed by atoms with Gasteiger partial charge in [0.25, 0.3) is 5.91 Å². The molecule has 10 heteroatoms. The van der Waals surface area contributed by atoms with Gasteiger partial charge in [-0.2, -0.15) is 0 Å². The smallest absolute Gasteiger partial charge is 0.315 e. The number of ketones is 1. The van der Waals surface area contributed by atoms with E-state index in [4.69, 9.17) is 31.8 Å². The van der Waals surface area contributed by atoms with Gasteiger partial charge in [0.1, 0.15) is 12.1 Å². The molecule has 5 atom stereocenters. The molecule has 0 bridgehead atoms. The number of fused-ring (bicyclic) bond motifs is 1. The second kappa shape index (κ2) is 10.5. The number of carbonyl (C=O) groups excluding carboxylic acids is 5. The van der Waals surface area contributed by atoms with E-state index in [2.05, 4.69) is 5.32 Å². The zero-order valence-electron chi connectivity index (χ0n) is 40.8. The number of nitrogens with one attached hydrogen (secondary N) is 3. The molecular weight excluding hydrogens is 486 g/mol. The van der Waals surface area contributed by atoms with E-state index in [0.717, 1.165) is 4.90 Å². The van der Waals surface area contributed by atoms with Crippen molar-refractivity contribution in [3.05, 3.63) is 0 Å². The van der Waals surface area contributed by atoms with Crippen LogP contribution in [-0.2, 0) is 19.2 Å².